The molecule has 0 aromatic heterocycles. The smallest absolute Gasteiger partial charge is 0.236 e. The highest BCUT2D eigenvalue weighted by Gasteiger charge is 2.28. The number of carbonyl (C=O) groups excluding carboxylic acids is 1. The average molecular weight is 330 g/mol. The van der Waals surface area contributed by atoms with Gasteiger partial charge in [0, 0.05) is 51.4 Å². The van der Waals surface area contributed by atoms with Gasteiger partial charge in [-0.15, -0.1) is 0 Å². The van der Waals surface area contributed by atoms with Crippen molar-refractivity contribution in [2.24, 2.45) is 5.73 Å². The van der Waals surface area contributed by atoms with Crippen LogP contribution in [0.15, 0.2) is 30.3 Å². The van der Waals surface area contributed by atoms with Crippen LogP contribution in [0.1, 0.15) is 25.3 Å². The number of hydrogen-bond acceptors (Lipinski definition) is 4. The minimum Gasteiger partial charge on any atom is -0.339 e. The van der Waals surface area contributed by atoms with Crippen molar-refractivity contribution in [1.82, 2.24) is 14.7 Å². The Bertz CT molecular complexity index is 527. The summed E-state index contributed by atoms with van der Waals surface area (Å²) in [6.45, 7) is 8.50. The van der Waals surface area contributed by atoms with Gasteiger partial charge in [-0.2, -0.15) is 0 Å². The Labute approximate surface area is 145 Å². The van der Waals surface area contributed by atoms with Crippen LogP contribution in [0.4, 0.5) is 0 Å². The second-order valence-electron chi connectivity index (χ2n) is 7.26. The maximum atomic E-state index is 12.6. The Balaban J connectivity index is 1.43. The second kappa shape index (κ2) is 8.10. The summed E-state index contributed by atoms with van der Waals surface area (Å²) in [6, 6.07) is 11.1. The van der Waals surface area contributed by atoms with Crippen molar-refractivity contribution >= 4 is 5.91 Å². The molecule has 1 aromatic rings. The van der Waals surface area contributed by atoms with Crippen molar-refractivity contribution in [2.75, 3.05) is 39.3 Å². The Morgan fingerprint density at radius 3 is 2.42 bits per heavy atom. The summed E-state index contributed by atoms with van der Waals surface area (Å²) in [5, 5.41) is 0. The number of piperidine rings is 1. The van der Waals surface area contributed by atoms with E-state index in [4.69, 9.17) is 5.73 Å². The van der Waals surface area contributed by atoms with Crippen LogP contribution in [0.25, 0.3) is 0 Å². The second-order valence-corrected chi connectivity index (χ2v) is 7.26. The molecule has 0 bridgehead atoms. The van der Waals surface area contributed by atoms with E-state index >= 15 is 0 Å². The molecule has 24 heavy (non-hydrogen) atoms. The number of piperazine rings is 1. The summed E-state index contributed by atoms with van der Waals surface area (Å²) in [4.78, 5) is 19.4. The van der Waals surface area contributed by atoms with E-state index in [-0.39, 0.29) is 18.0 Å². The van der Waals surface area contributed by atoms with Crippen LogP contribution in [0.3, 0.4) is 0 Å². The third-order valence-corrected chi connectivity index (χ3v) is 5.31. The largest absolute Gasteiger partial charge is 0.339 e. The molecule has 2 heterocycles. The van der Waals surface area contributed by atoms with Gasteiger partial charge in [-0.3, -0.25) is 14.6 Å². The maximum absolute atomic E-state index is 12.6. The highest BCUT2D eigenvalue weighted by molar-refractivity contribution is 5.78. The Kier molecular flexibility index (Phi) is 5.87. The van der Waals surface area contributed by atoms with Gasteiger partial charge in [0.2, 0.25) is 5.91 Å². The van der Waals surface area contributed by atoms with E-state index < -0.39 is 0 Å². The quantitative estimate of drug-likeness (QED) is 0.900. The Hall–Kier alpha value is -1.43. The van der Waals surface area contributed by atoms with Crippen molar-refractivity contribution in [3.05, 3.63) is 35.9 Å². The molecule has 132 valence electrons. The number of likely N-dealkylation sites (tertiary alicyclic amines) is 1. The van der Waals surface area contributed by atoms with E-state index in [1.807, 2.05) is 4.90 Å². The number of nitrogens with zero attached hydrogens (tertiary/aromatic N) is 3. The molecule has 5 heteroatoms. The van der Waals surface area contributed by atoms with E-state index in [9.17, 15) is 4.79 Å². The lowest BCUT2D eigenvalue weighted by molar-refractivity contribution is -0.136. The maximum Gasteiger partial charge on any atom is 0.236 e. The highest BCUT2D eigenvalue weighted by Crippen LogP contribution is 2.16. The van der Waals surface area contributed by atoms with Gasteiger partial charge in [-0.25, -0.2) is 0 Å². The number of benzene rings is 1. The van der Waals surface area contributed by atoms with Crippen molar-refractivity contribution < 1.29 is 4.79 Å². The van der Waals surface area contributed by atoms with Crippen LogP contribution < -0.4 is 5.73 Å². The predicted octanol–water partition coefficient (Wildman–Crippen LogP) is 1.14. The number of hydrogen-bond donors (Lipinski definition) is 1. The fourth-order valence-electron chi connectivity index (χ4n) is 3.81. The van der Waals surface area contributed by atoms with Crippen LogP contribution in [0, 0.1) is 0 Å². The predicted molar refractivity (Wildman–Crippen MR) is 96.5 cm³/mol. The van der Waals surface area contributed by atoms with E-state index in [1.54, 1.807) is 0 Å². The van der Waals surface area contributed by atoms with E-state index in [2.05, 4.69) is 47.1 Å². The lowest BCUT2D eigenvalue weighted by Crippen LogP contribution is -2.53. The van der Waals surface area contributed by atoms with E-state index in [1.165, 1.54) is 5.56 Å². The summed E-state index contributed by atoms with van der Waals surface area (Å²) < 4.78 is 0. The molecule has 1 amide bonds. The summed E-state index contributed by atoms with van der Waals surface area (Å²) in [5.41, 5.74) is 7.36. The molecule has 0 aliphatic carbocycles. The molecular weight excluding hydrogens is 300 g/mol. The zero-order valence-electron chi connectivity index (χ0n) is 14.7. The van der Waals surface area contributed by atoms with Gasteiger partial charge in [0.1, 0.15) is 0 Å². The van der Waals surface area contributed by atoms with E-state index in [0.717, 1.165) is 52.1 Å². The normalized spacial score (nSPS) is 26.5. The van der Waals surface area contributed by atoms with Crippen LogP contribution in [-0.4, -0.2) is 72.0 Å². The fourth-order valence-corrected chi connectivity index (χ4v) is 3.81. The molecule has 0 saturated carbocycles. The first kappa shape index (κ1) is 17.4. The minimum absolute atomic E-state index is 0.255. The number of nitrogens with two attached hydrogens (primary N) is 1. The van der Waals surface area contributed by atoms with E-state index in [0.29, 0.717) is 6.54 Å². The molecule has 5 nitrogen and oxygen atoms in total. The van der Waals surface area contributed by atoms with Crippen LogP contribution in [0.2, 0.25) is 0 Å². The fraction of sp³-hybridized carbons (Fsp3) is 0.632. The number of rotatable bonds is 4. The van der Waals surface area contributed by atoms with Gasteiger partial charge < -0.3 is 10.6 Å². The molecule has 0 unspecified atom stereocenters. The van der Waals surface area contributed by atoms with Gasteiger partial charge in [0.05, 0.1) is 6.54 Å². The SMILES string of the molecule is C[C@H]1C[C@H](N)CCN1C(=O)CN1CCN(Cc2ccccc2)CC1. The molecule has 1 aromatic carbocycles. The van der Waals surface area contributed by atoms with Gasteiger partial charge in [-0.05, 0) is 25.3 Å². The van der Waals surface area contributed by atoms with Crippen LogP contribution in [0.5, 0.6) is 0 Å². The topological polar surface area (TPSA) is 52.8 Å². The van der Waals surface area contributed by atoms with Gasteiger partial charge in [0.25, 0.3) is 0 Å². The van der Waals surface area contributed by atoms with Crippen LogP contribution in [-0.2, 0) is 11.3 Å². The molecule has 2 N–H and O–H groups in total. The first-order valence-corrected chi connectivity index (χ1v) is 9.15. The van der Waals surface area contributed by atoms with Crippen LogP contribution >= 0.6 is 0 Å². The molecule has 0 radical (unpaired) electrons. The summed E-state index contributed by atoms with van der Waals surface area (Å²) in [6.07, 6.45) is 1.86. The van der Waals surface area contributed by atoms with Crippen molar-refractivity contribution in [2.45, 2.75) is 38.4 Å². The monoisotopic (exact) mass is 330 g/mol. The number of amides is 1. The van der Waals surface area contributed by atoms with Crippen molar-refractivity contribution in [3.63, 3.8) is 0 Å². The molecular formula is C19H30N4O. The van der Waals surface area contributed by atoms with Crippen molar-refractivity contribution in [3.8, 4) is 0 Å². The summed E-state index contributed by atoms with van der Waals surface area (Å²) >= 11 is 0. The number of carbonyl (C=O) groups is 1. The zero-order valence-corrected chi connectivity index (χ0v) is 14.7. The lowest BCUT2D eigenvalue weighted by atomic mass is 9.99. The first-order chi connectivity index (χ1) is 11.6. The first-order valence-electron chi connectivity index (χ1n) is 9.15. The minimum atomic E-state index is 0.255. The van der Waals surface area contributed by atoms with Gasteiger partial charge >= 0.3 is 0 Å². The molecule has 2 aliphatic rings. The third kappa shape index (κ3) is 4.56. The Morgan fingerprint density at radius 1 is 1.08 bits per heavy atom. The van der Waals surface area contributed by atoms with Gasteiger partial charge in [-0.1, -0.05) is 30.3 Å². The highest BCUT2D eigenvalue weighted by atomic mass is 16.2. The summed E-state index contributed by atoms with van der Waals surface area (Å²) in [7, 11) is 0. The lowest BCUT2D eigenvalue weighted by Gasteiger charge is -2.39. The average Bonchev–Trinajstić information content (AvgIpc) is 2.57. The molecule has 2 saturated heterocycles. The van der Waals surface area contributed by atoms with Gasteiger partial charge in [0.15, 0.2) is 0 Å². The zero-order chi connectivity index (χ0) is 16.9. The molecule has 0 spiro atoms. The molecule has 2 atom stereocenters. The molecule has 3 rings (SSSR count). The molecule has 2 aliphatic heterocycles. The standard InChI is InChI=1S/C19H30N4O/c1-16-13-18(20)7-8-23(16)19(24)15-22-11-9-21(10-12-22)14-17-5-3-2-4-6-17/h2-6,16,18H,7-15,20H2,1H3/t16-,18+/m0/s1. The summed E-state index contributed by atoms with van der Waals surface area (Å²) in [5.74, 6) is 0.269. The Morgan fingerprint density at radius 2 is 1.75 bits per heavy atom. The third-order valence-electron chi connectivity index (χ3n) is 5.31. The molecule has 2 fully saturated rings. The van der Waals surface area contributed by atoms with Crippen molar-refractivity contribution in [1.29, 1.82) is 0 Å².